The number of nitriles is 1. The van der Waals surface area contributed by atoms with Crippen LogP contribution in [-0.2, 0) is 17.5 Å². The number of amides is 1. The molecular weight excluding hydrogens is 333 g/mol. The van der Waals surface area contributed by atoms with Gasteiger partial charge in [-0.1, -0.05) is 12.1 Å². The van der Waals surface area contributed by atoms with Gasteiger partial charge in [-0.25, -0.2) is 0 Å². The van der Waals surface area contributed by atoms with Crippen molar-refractivity contribution < 1.29 is 22.7 Å². The second kappa shape index (κ2) is 7.71. The van der Waals surface area contributed by atoms with Crippen LogP contribution in [0, 0.1) is 11.3 Å². The highest BCUT2D eigenvalue weighted by Gasteiger charge is 2.30. The highest BCUT2D eigenvalue weighted by Crippen LogP contribution is 2.29. The van der Waals surface area contributed by atoms with Crippen molar-refractivity contribution in [2.75, 3.05) is 0 Å². The topological polar surface area (TPSA) is 62.1 Å². The van der Waals surface area contributed by atoms with E-state index in [4.69, 9.17) is 10.00 Å². The van der Waals surface area contributed by atoms with Gasteiger partial charge in [-0.15, -0.1) is 0 Å². The molecule has 130 valence electrons. The maximum absolute atomic E-state index is 12.7. The first-order chi connectivity index (χ1) is 11.8. The Bertz CT molecular complexity index is 780. The van der Waals surface area contributed by atoms with Crippen LogP contribution in [-0.4, -0.2) is 12.0 Å². The van der Waals surface area contributed by atoms with Gasteiger partial charge in [-0.3, -0.25) is 4.79 Å². The molecular formula is C18H15F3N2O2. The molecule has 0 fully saturated rings. The lowest BCUT2D eigenvalue weighted by Crippen LogP contribution is -2.35. The molecule has 25 heavy (non-hydrogen) atoms. The highest BCUT2D eigenvalue weighted by atomic mass is 19.4. The first-order valence-electron chi connectivity index (χ1n) is 7.40. The van der Waals surface area contributed by atoms with Gasteiger partial charge in [0.1, 0.15) is 5.75 Å². The number of benzene rings is 2. The van der Waals surface area contributed by atoms with Gasteiger partial charge in [-0.2, -0.15) is 18.4 Å². The maximum atomic E-state index is 12.7. The van der Waals surface area contributed by atoms with Crippen molar-refractivity contribution in [3.8, 4) is 11.8 Å². The third-order valence-electron chi connectivity index (χ3n) is 3.39. The van der Waals surface area contributed by atoms with Crippen LogP contribution >= 0.6 is 0 Å². The molecule has 0 saturated carbocycles. The molecule has 2 rings (SSSR count). The number of hydrogen-bond donors (Lipinski definition) is 1. The van der Waals surface area contributed by atoms with E-state index < -0.39 is 23.8 Å². The summed E-state index contributed by atoms with van der Waals surface area (Å²) in [7, 11) is 0. The highest BCUT2D eigenvalue weighted by molar-refractivity contribution is 5.80. The third-order valence-corrected chi connectivity index (χ3v) is 3.39. The second-order valence-corrected chi connectivity index (χ2v) is 5.31. The van der Waals surface area contributed by atoms with Gasteiger partial charge in [0.25, 0.3) is 5.91 Å². The molecule has 0 aliphatic heterocycles. The lowest BCUT2D eigenvalue weighted by atomic mass is 10.1. The predicted molar refractivity (Wildman–Crippen MR) is 84.5 cm³/mol. The summed E-state index contributed by atoms with van der Waals surface area (Å²) in [5, 5.41) is 11.3. The van der Waals surface area contributed by atoms with Gasteiger partial charge >= 0.3 is 6.18 Å². The van der Waals surface area contributed by atoms with E-state index in [1.54, 1.807) is 24.3 Å². The molecule has 2 aromatic carbocycles. The normalized spacial score (nSPS) is 12.1. The Kier molecular flexibility index (Phi) is 5.65. The average molecular weight is 348 g/mol. The molecule has 0 aliphatic rings. The van der Waals surface area contributed by atoms with Gasteiger partial charge in [0.2, 0.25) is 0 Å². The third kappa shape index (κ3) is 5.24. The number of nitrogens with zero attached hydrogens (tertiary/aromatic N) is 1. The Labute approximate surface area is 142 Å². The summed E-state index contributed by atoms with van der Waals surface area (Å²) in [6.07, 6.45) is -5.26. The van der Waals surface area contributed by atoms with E-state index in [9.17, 15) is 18.0 Å². The fourth-order valence-corrected chi connectivity index (χ4v) is 2.06. The van der Waals surface area contributed by atoms with Crippen LogP contribution in [0.2, 0.25) is 0 Å². The summed E-state index contributed by atoms with van der Waals surface area (Å²) in [4.78, 5) is 12.0. The molecule has 1 N–H and O–H groups in total. The lowest BCUT2D eigenvalue weighted by Gasteiger charge is -2.15. The fraction of sp³-hybridized carbons (Fsp3) is 0.222. The smallest absolute Gasteiger partial charge is 0.416 e. The van der Waals surface area contributed by atoms with Crippen molar-refractivity contribution in [3.05, 3.63) is 65.2 Å². The van der Waals surface area contributed by atoms with Crippen molar-refractivity contribution in [1.82, 2.24) is 5.32 Å². The molecule has 1 amide bonds. The molecule has 0 spiro atoms. The van der Waals surface area contributed by atoms with E-state index in [-0.39, 0.29) is 6.54 Å². The van der Waals surface area contributed by atoms with Crippen LogP contribution in [0.1, 0.15) is 23.6 Å². The van der Waals surface area contributed by atoms with Crippen molar-refractivity contribution in [1.29, 1.82) is 5.26 Å². The van der Waals surface area contributed by atoms with E-state index >= 15 is 0 Å². The number of nitrogens with one attached hydrogen (secondary N) is 1. The van der Waals surface area contributed by atoms with Gasteiger partial charge < -0.3 is 10.1 Å². The van der Waals surface area contributed by atoms with Crippen LogP contribution in [0.25, 0.3) is 0 Å². The number of ether oxygens (including phenoxy) is 1. The largest absolute Gasteiger partial charge is 0.481 e. The minimum absolute atomic E-state index is 0.0379. The lowest BCUT2D eigenvalue weighted by molar-refractivity contribution is -0.137. The molecule has 0 radical (unpaired) electrons. The molecule has 0 saturated heterocycles. The molecule has 1 atom stereocenters. The second-order valence-electron chi connectivity index (χ2n) is 5.31. The zero-order valence-electron chi connectivity index (χ0n) is 13.3. The molecule has 7 heteroatoms. The van der Waals surface area contributed by atoms with Gasteiger partial charge in [0.15, 0.2) is 6.10 Å². The number of rotatable bonds is 5. The predicted octanol–water partition coefficient (Wildman–Crippen LogP) is 3.66. The summed E-state index contributed by atoms with van der Waals surface area (Å²) in [6, 6.07) is 13.0. The summed E-state index contributed by atoms with van der Waals surface area (Å²) in [6.45, 7) is 1.49. The van der Waals surface area contributed by atoms with E-state index in [2.05, 4.69) is 5.32 Å². The van der Waals surface area contributed by atoms with Crippen LogP contribution in [0.4, 0.5) is 13.2 Å². The first kappa shape index (κ1) is 18.3. The summed E-state index contributed by atoms with van der Waals surface area (Å²) in [5.41, 5.74) is 0.0453. The molecule has 0 heterocycles. The average Bonchev–Trinajstić information content (AvgIpc) is 2.59. The Hall–Kier alpha value is -3.01. The number of carbonyl (C=O) groups excluding carboxylic acids is 1. The molecule has 0 aliphatic carbocycles. The Morgan fingerprint density at radius 2 is 1.92 bits per heavy atom. The zero-order chi connectivity index (χ0) is 18.4. The Morgan fingerprint density at radius 3 is 2.52 bits per heavy atom. The number of halogens is 3. The molecule has 0 unspecified atom stereocenters. The van der Waals surface area contributed by atoms with Crippen molar-refractivity contribution >= 4 is 5.91 Å². The van der Waals surface area contributed by atoms with E-state index in [1.165, 1.54) is 19.1 Å². The van der Waals surface area contributed by atoms with E-state index in [0.29, 0.717) is 16.9 Å². The van der Waals surface area contributed by atoms with Gasteiger partial charge in [-0.05, 0) is 48.9 Å². The molecule has 2 aromatic rings. The summed E-state index contributed by atoms with van der Waals surface area (Å²) in [5.74, 6) is -0.0394. The molecule has 0 bridgehead atoms. The van der Waals surface area contributed by atoms with Crippen LogP contribution in [0.15, 0.2) is 48.5 Å². The SMILES string of the molecule is C[C@H](Oc1ccc(C#N)cc1)C(=O)NCc1cccc(C(F)(F)F)c1. The van der Waals surface area contributed by atoms with Crippen molar-refractivity contribution in [3.63, 3.8) is 0 Å². The number of alkyl halides is 3. The van der Waals surface area contributed by atoms with Crippen LogP contribution < -0.4 is 10.1 Å². The minimum atomic E-state index is -4.42. The number of hydrogen-bond acceptors (Lipinski definition) is 3. The van der Waals surface area contributed by atoms with Gasteiger partial charge in [0.05, 0.1) is 17.2 Å². The minimum Gasteiger partial charge on any atom is -0.481 e. The molecule has 4 nitrogen and oxygen atoms in total. The van der Waals surface area contributed by atoms with Crippen LogP contribution in [0.5, 0.6) is 5.75 Å². The van der Waals surface area contributed by atoms with Crippen molar-refractivity contribution in [2.45, 2.75) is 25.7 Å². The summed E-state index contributed by atoms with van der Waals surface area (Å²) < 4.78 is 43.4. The monoisotopic (exact) mass is 348 g/mol. The van der Waals surface area contributed by atoms with E-state index in [1.807, 2.05) is 6.07 Å². The van der Waals surface area contributed by atoms with E-state index in [0.717, 1.165) is 12.1 Å². The fourth-order valence-electron chi connectivity index (χ4n) is 2.06. The Morgan fingerprint density at radius 1 is 1.24 bits per heavy atom. The first-order valence-corrected chi connectivity index (χ1v) is 7.40. The quantitative estimate of drug-likeness (QED) is 0.897. The number of carbonyl (C=O) groups is 1. The zero-order valence-corrected chi connectivity index (χ0v) is 13.3. The van der Waals surface area contributed by atoms with Crippen LogP contribution in [0.3, 0.4) is 0 Å². The standard InChI is InChI=1S/C18H15F3N2O2/c1-12(25-16-7-5-13(10-22)6-8-16)17(24)23-11-14-3-2-4-15(9-14)18(19,20)21/h2-9,12H,11H2,1H3,(H,23,24)/t12-/m0/s1. The molecule has 0 aromatic heterocycles. The summed E-state index contributed by atoms with van der Waals surface area (Å²) >= 11 is 0. The van der Waals surface area contributed by atoms with Gasteiger partial charge in [0, 0.05) is 6.54 Å². The van der Waals surface area contributed by atoms with Crippen molar-refractivity contribution in [2.24, 2.45) is 0 Å². The Balaban J connectivity index is 1.92. The maximum Gasteiger partial charge on any atom is 0.416 e.